The predicted molar refractivity (Wildman–Crippen MR) is 94.2 cm³/mol. The molecule has 0 saturated heterocycles. The molecule has 0 bridgehead atoms. The number of halogens is 1. The molecule has 0 atom stereocenters. The molecule has 0 fully saturated rings. The Morgan fingerprint density at radius 3 is 2.71 bits per heavy atom. The lowest BCUT2D eigenvalue weighted by Gasteiger charge is -2.22. The van der Waals surface area contributed by atoms with Crippen LogP contribution in [0.2, 0.25) is 0 Å². The standard InChI is InChI=1S/C19H16FNO2S/c1-19(2,23-12-22)24-18-9-10-21-17-8-7-13(11-15(17)18)14-5-3-4-6-16(14)20/h3-12H,1-2H3. The van der Waals surface area contributed by atoms with E-state index in [0.717, 1.165) is 21.4 Å². The van der Waals surface area contributed by atoms with Crippen LogP contribution < -0.4 is 0 Å². The van der Waals surface area contributed by atoms with Gasteiger partial charge < -0.3 is 4.74 Å². The number of ether oxygens (including phenoxy) is 1. The van der Waals surface area contributed by atoms with Crippen molar-refractivity contribution in [1.29, 1.82) is 0 Å². The van der Waals surface area contributed by atoms with Crippen molar-refractivity contribution in [3.05, 3.63) is 60.5 Å². The molecule has 3 aromatic rings. The summed E-state index contributed by atoms with van der Waals surface area (Å²) in [6.45, 7) is 4.08. The van der Waals surface area contributed by atoms with E-state index in [1.807, 2.05) is 44.2 Å². The largest absolute Gasteiger partial charge is 0.450 e. The lowest BCUT2D eigenvalue weighted by molar-refractivity contribution is -0.133. The first kappa shape index (κ1) is 16.5. The molecule has 0 radical (unpaired) electrons. The van der Waals surface area contributed by atoms with Crippen molar-refractivity contribution in [2.45, 2.75) is 23.7 Å². The van der Waals surface area contributed by atoms with E-state index in [1.54, 1.807) is 18.3 Å². The van der Waals surface area contributed by atoms with Gasteiger partial charge in [-0.15, -0.1) is 0 Å². The molecule has 1 aromatic heterocycles. The first-order valence-corrected chi connectivity index (χ1v) is 8.26. The van der Waals surface area contributed by atoms with Gasteiger partial charge in [-0.05, 0) is 43.7 Å². The molecule has 3 nitrogen and oxygen atoms in total. The lowest BCUT2D eigenvalue weighted by atomic mass is 10.0. The fraction of sp³-hybridized carbons (Fsp3) is 0.158. The molecular weight excluding hydrogens is 325 g/mol. The average Bonchev–Trinajstić information content (AvgIpc) is 2.55. The number of aromatic nitrogens is 1. The number of benzene rings is 2. The smallest absolute Gasteiger partial charge is 0.294 e. The zero-order chi connectivity index (χ0) is 17.2. The molecule has 0 amide bonds. The third-order valence-corrected chi connectivity index (χ3v) is 4.74. The lowest BCUT2D eigenvalue weighted by Crippen LogP contribution is -2.18. The number of carbonyl (C=O) groups is 1. The number of hydrogen-bond acceptors (Lipinski definition) is 4. The fourth-order valence-electron chi connectivity index (χ4n) is 2.48. The van der Waals surface area contributed by atoms with Crippen molar-refractivity contribution in [3.63, 3.8) is 0 Å². The molecule has 5 heteroatoms. The van der Waals surface area contributed by atoms with E-state index in [4.69, 9.17) is 4.74 Å². The van der Waals surface area contributed by atoms with Gasteiger partial charge in [-0.2, -0.15) is 0 Å². The maximum absolute atomic E-state index is 14.1. The number of fused-ring (bicyclic) bond motifs is 1. The van der Waals surface area contributed by atoms with Gasteiger partial charge in [0, 0.05) is 22.0 Å². The second kappa shape index (κ2) is 6.61. The SMILES string of the molecule is CC(C)(OC=O)Sc1ccnc2ccc(-c3ccccc3F)cc12. The molecule has 0 spiro atoms. The Morgan fingerprint density at radius 1 is 1.17 bits per heavy atom. The maximum Gasteiger partial charge on any atom is 0.294 e. The van der Waals surface area contributed by atoms with Gasteiger partial charge in [0.2, 0.25) is 0 Å². The minimum Gasteiger partial charge on any atom is -0.450 e. The highest BCUT2D eigenvalue weighted by Crippen LogP contribution is 2.38. The fourth-order valence-corrected chi connectivity index (χ4v) is 3.50. The van der Waals surface area contributed by atoms with Gasteiger partial charge in [0.15, 0.2) is 4.93 Å². The zero-order valence-corrected chi connectivity index (χ0v) is 14.1. The molecular formula is C19H16FNO2S. The van der Waals surface area contributed by atoms with Crippen molar-refractivity contribution < 1.29 is 13.9 Å². The second-order valence-electron chi connectivity index (χ2n) is 5.74. The van der Waals surface area contributed by atoms with Crippen molar-refractivity contribution in [1.82, 2.24) is 4.98 Å². The molecule has 0 aliphatic carbocycles. The van der Waals surface area contributed by atoms with Crippen LogP contribution in [0.25, 0.3) is 22.0 Å². The van der Waals surface area contributed by atoms with Gasteiger partial charge in [0.1, 0.15) is 5.82 Å². The number of carbonyl (C=O) groups excluding carboxylic acids is 1. The summed E-state index contributed by atoms with van der Waals surface area (Å²) in [7, 11) is 0. The summed E-state index contributed by atoms with van der Waals surface area (Å²) in [5, 5.41) is 0.894. The summed E-state index contributed by atoms with van der Waals surface area (Å²) in [5.74, 6) is -0.264. The first-order valence-electron chi connectivity index (χ1n) is 7.44. The number of pyridine rings is 1. The summed E-state index contributed by atoms with van der Waals surface area (Å²) in [6, 6.07) is 14.2. The third kappa shape index (κ3) is 3.41. The van der Waals surface area contributed by atoms with Gasteiger partial charge in [-0.25, -0.2) is 4.39 Å². The molecule has 0 unspecified atom stereocenters. The molecule has 24 heavy (non-hydrogen) atoms. The van der Waals surface area contributed by atoms with E-state index in [-0.39, 0.29) is 5.82 Å². The predicted octanol–water partition coefficient (Wildman–Crippen LogP) is 5.04. The van der Waals surface area contributed by atoms with Crippen LogP contribution in [-0.2, 0) is 9.53 Å². The van der Waals surface area contributed by atoms with Crippen molar-refractivity contribution in [2.75, 3.05) is 0 Å². The molecule has 3 rings (SSSR count). The van der Waals surface area contributed by atoms with Crippen molar-refractivity contribution in [3.8, 4) is 11.1 Å². The van der Waals surface area contributed by atoms with Crippen LogP contribution in [0.1, 0.15) is 13.8 Å². The van der Waals surface area contributed by atoms with Gasteiger partial charge in [0.25, 0.3) is 6.47 Å². The Hall–Kier alpha value is -2.40. The molecule has 122 valence electrons. The third-order valence-electron chi connectivity index (χ3n) is 3.57. The van der Waals surface area contributed by atoms with Gasteiger partial charge in [-0.1, -0.05) is 36.0 Å². The summed E-state index contributed by atoms with van der Waals surface area (Å²) in [6.07, 6.45) is 1.71. The van der Waals surface area contributed by atoms with E-state index in [2.05, 4.69) is 4.98 Å². The Bertz CT molecular complexity index is 895. The van der Waals surface area contributed by atoms with Crippen molar-refractivity contribution >= 4 is 29.1 Å². The molecule has 0 saturated carbocycles. The minimum atomic E-state index is -0.704. The summed E-state index contributed by atoms with van der Waals surface area (Å²) < 4.78 is 19.2. The minimum absolute atomic E-state index is 0.264. The highest BCUT2D eigenvalue weighted by atomic mass is 32.2. The molecule has 0 aliphatic heterocycles. The quantitative estimate of drug-likeness (QED) is 0.370. The summed E-state index contributed by atoms with van der Waals surface area (Å²) in [5.41, 5.74) is 2.13. The van der Waals surface area contributed by atoms with E-state index in [0.29, 0.717) is 12.0 Å². The van der Waals surface area contributed by atoms with Crippen molar-refractivity contribution in [2.24, 2.45) is 0 Å². The monoisotopic (exact) mass is 341 g/mol. The summed E-state index contributed by atoms with van der Waals surface area (Å²) >= 11 is 1.42. The summed E-state index contributed by atoms with van der Waals surface area (Å²) in [4.78, 5) is 15.2. The van der Waals surface area contributed by atoms with Crippen LogP contribution in [0.15, 0.2) is 59.6 Å². The Kier molecular flexibility index (Phi) is 4.53. The van der Waals surface area contributed by atoms with Gasteiger partial charge in [-0.3, -0.25) is 9.78 Å². The van der Waals surface area contributed by atoms with Crippen LogP contribution >= 0.6 is 11.8 Å². The first-order chi connectivity index (χ1) is 11.5. The van der Waals surface area contributed by atoms with Crippen LogP contribution in [0.3, 0.4) is 0 Å². The normalized spacial score (nSPS) is 11.5. The number of hydrogen-bond donors (Lipinski definition) is 0. The van der Waals surface area contributed by atoms with Crippen LogP contribution in [0, 0.1) is 5.82 Å². The van der Waals surface area contributed by atoms with Crippen LogP contribution in [0.4, 0.5) is 4.39 Å². The highest BCUT2D eigenvalue weighted by Gasteiger charge is 2.22. The van der Waals surface area contributed by atoms with E-state index in [1.165, 1.54) is 17.8 Å². The Labute approximate surface area is 143 Å². The van der Waals surface area contributed by atoms with Crippen LogP contribution in [-0.4, -0.2) is 16.4 Å². The highest BCUT2D eigenvalue weighted by molar-refractivity contribution is 8.00. The van der Waals surface area contributed by atoms with E-state index >= 15 is 0 Å². The average molecular weight is 341 g/mol. The number of rotatable bonds is 5. The van der Waals surface area contributed by atoms with Crippen LogP contribution in [0.5, 0.6) is 0 Å². The number of thioether (sulfide) groups is 1. The van der Waals surface area contributed by atoms with Gasteiger partial charge in [0.05, 0.1) is 5.52 Å². The molecule has 1 heterocycles. The van der Waals surface area contributed by atoms with E-state index in [9.17, 15) is 9.18 Å². The second-order valence-corrected chi connectivity index (χ2v) is 7.36. The van der Waals surface area contributed by atoms with Gasteiger partial charge >= 0.3 is 0 Å². The molecule has 2 aromatic carbocycles. The molecule has 0 aliphatic rings. The maximum atomic E-state index is 14.1. The Balaban J connectivity index is 2.10. The van der Waals surface area contributed by atoms with E-state index < -0.39 is 4.93 Å². The Morgan fingerprint density at radius 2 is 1.96 bits per heavy atom. The number of nitrogens with zero attached hydrogens (tertiary/aromatic N) is 1. The zero-order valence-electron chi connectivity index (χ0n) is 13.3. The molecule has 0 N–H and O–H groups in total. The topological polar surface area (TPSA) is 39.2 Å².